The summed E-state index contributed by atoms with van der Waals surface area (Å²) < 4.78 is 0. The summed E-state index contributed by atoms with van der Waals surface area (Å²) in [5, 5.41) is 6.19. The van der Waals surface area contributed by atoms with Gasteiger partial charge in [0, 0.05) is 21.7 Å². The zero-order chi connectivity index (χ0) is 21.1. The number of nitrogens with one attached hydrogen (secondary N) is 2. The minimum atomic E-state index is -1.35. The highest BCUT2D eigenvalue weighted by atomic mass is 35.5. The molecule has 1 saturated heterocycles. The molecule has 2 N–H and O–H groups in total. The summed E-state index contributed by atoms with van der Waals surface area (Å²) in [6.07, 6.45) is 2.95. The lowest BCUT2D eigenvalue weighted by atomic mass is 9.92. The van der Waals surface area contributed by atoms with E-state index < -0.39 is 17.5 Å². The second-order valence-corrected chi connectivity index (χ2v) is 8.71. The van der Waals surface area contributed by atoms with Gasteiger partial charge in [-0.15, -0.1) is 0 Å². The number of hydrogen-bond donors (Lipinski definition) is 2. The quantitative estimate of drug-likeness (QED) is 0.613. The normalized spacial score (nSPS) is 20.5. The molecule has 0 saturated carbocycles. The van der Waals surface area contributed by atoms with Crippen LogP contribution in [0.4, 0.5) is 4.79 Å². The van der Waals surface area contributed by atoms with Gasteiger partial charge in [-0.1, -0.05) is 56.0 Å². The van der Waals surface area contributed by atoms with Crippen LogP contribution >= 0.6 is 23.2 Å². The molecule has 2 atom stereocenters. The molecule has 1 aliphatic rings. The van der Waals surface area contributed by atoms with Crippen molar-refractivity contribution in [2.75, 3.05) is 6.54 Å². The van der Waals surface area contributed by atoms with E-state index in [4.69, 9.17) is 23.2 Å². The highest BCUT2D eigenvalue weighted by molar-refractivity contribution is 6.35. The van der Waals surface area contributed by atoms with Crippen molar-refractivity contribution >= 4 is 41.0 Å². The van der Waals surface area contributed by atoms with E-state index in [1.807, 2.05) is 6.92 Å². The van der Waals surface area contributed by atoms with Gasteiger partial charge < -0.3 is 10.6 Å². The predicted octanol–water partition coefficient (Wildman–Crippen LogP) is 4.09. The lowest BCUT2D eigenvalue weighted by Crippen LogP contribution is -2.45. The Morgan fingerprint density at radius 2 is 1.89 bits per heavy atom. The SMILES string of the molecule is CC(C)CCC[C@@H](C)NC(=O)CN1C(=O)N[C@@](C)(c2ccc(Cl)cc2Cl)C1=O. The van der Waals surface area contributed by atoms with Crippen molar-refractivity contribution in [2.45, 2.75) is 58.5 Å². The Bertz CT molecular complexity index is 769. The number of nitrogens with zero attached hydrogens (tertiary/aromatic N) is 1. The van der Waals surface area contributed by atoms with Crippen molar-refractivity contribution in [2.24, 2.45) is 5.92 Å². The molecule has 0 aliphatic carbocycles. The van der Waals surface area contributed by atoms with Gasteiger partial charge >= 0.3 is 6.03 Å². The molecule has 0 aromatic heterocycles. The van der Waals surface area contributed by atoms with Gasteiger partial charge in [0.25, 0.3) is 5.91 Å². The first-order chi connectivity index (χ1) is 13.0. The topological polar surface area (TPSA) is 78.5 Å². The van der Waals surface area contributed by atoms with Crippen molar-refractivity contribution in [3.8, 4) is 0 Å². The van der Waals surface area contributed by atoms with Gasteiger partial charge in [-0.05, 0) is 38.3 Å². The number of carbonyl (C=O) groups is 3. The molecule has 2 rings (SSSR count). The number of hydrogen-bond acceptors (Lipinski definition) is 3. The Hall–Kier alpha value is -1.79. The van der Waals surface area contributed by atoms with Crippen LogP contribution in [0.1, 0.15) is 52.5 Å². The zero-order valence-corrected chi connectivity index (χ0v) is 18.2. The Balaban J connectivity index is 2.02. The third-order valence-corrected chi connectivity index (χ3v) is 5.42. The first-order valence-corrected chi connectivity index (χ1v) is 10.2. The summed E-state index contributed by atoms with van der Waals surface area (Å²) >= 11 is 12.1. The molecule has 1 fully saturated rings. The van der Waals surface area contributed by atoms with Gasteiger partial charge in [-0.2, -0.15) is 0 Å². The maximum atomic E-state index is 12.9. The van der Waals surface area contributed by atoms with Gasteiger partial charge in [-0.3, -0.25) is 14.5 Å². The van der Waals surface area contributed by atoms with Gasteiger partial charge in [0.2, 0.25) is 5.91 Å². The zero-order valence-electron chi connectivity index (χ0n) is 16.6. The van der Waals surface area contributed by atoms with E-state index >= 15 is 0 Å². The number of rotatable bonds is 8. The monoisotopic (exact) mass is 427 g/mol. The molecule has 0 unspecified atom stereocenters. The van der Waals surface area contributed by atoms with Crippen molar-refractivity contribution < 1.29 is 14.4 Å². The number of amides is 4. The van der Waals surface area contributed by atoms with Crippen molar-refractivity contribution in [1.29, 1.82) is 0 Å². The lowest BCUT2D eigenvalue weighted by Gasteiger charge is -2.23. The van der Waals surface area contributed by atoms with E-state index in [1.165, 1.54) is 6.07 Å². The summed E-state index contributed by atoms with van der Waals surface area (Å²) in [5.74, 6) is -0.275. The lowest BCUT2D eigenvalue weighted by molar-refractivity contribution is -0.135. The summed E-state index contributed by atoms with van der Waals surface area (Å²) in [7, 11) is 0. The minimum absolute atomic E-state index is 0.0240. The van der Waals surface area contributed by atoms with Crippen LogP contribution < -0.4 is 10.6 Å². The van der Waals surface area contributed by atoms with Crippen molar-refractivity contribution in [1.82, 2.24) is 15.5 Å². The number of imide groups is 1. The average molecular weight is 428 g/mol. The van der Waals surface area contributed by atoms with Crippen LogP contribution in [0.25, 0.3) is 0 Å². The van der Waals surface area contributed by atoms with E-state index in [1.54, 1.807) is 19.1 Å². The molecule has 28 heavy (non-hydrogen) atoms. The fourth-order valence-corrected chi connectivity index (χ4v) is 3.88. The second kappa shape index (κ2) is 9.14. The molecule has 1 heterocycles. The molecule has 4 amide bonds. The van der Waals surface area contributed by atoms with E-state index in [0.29, 0.717) is 16.5 Å². The second-order valence-electron chi connectivity index (χ2n) is 7.86. The van der Waals surface area contributed by atoms with Crippen LogP contribution in [0.15, 0.2) is 18.2 Å². The summed E-state index contributed by atoms with van der Waals surface area (Å²) in [5.41, 5.74) is -0.913. The summed E-state index contributed by atoms with van der Waals surface area (Å²) in [6.45, 7) is 7.46. The molecule has 154 valence electrons. The molecular weight excluding hydrogens is 401 g/mol. The van der Waals surface area contributed by atoms with Crippen LogP contribution in [0.5, 0.6) is 0 Å². The first-order valence-electron chi connectivity index (χ1n) is 9.43. The average Bonchev–Trinajstić information content (AvgIpc) is 2.78. The number of halogens is 2. The fourth-order valence-electron chi connectivity index (χ4n) is 3.29. The highest BCUT2D eigenvalue weighted by Crippen LogP contribution is 2.34. The Morgan fingerprint density at radius 1 is 1.21 bits per heavy atom. The van der Waals surface area contributed by atoms with E-state index in [9.17, 15) is 14.4 Å². The van der Waals surface area contributed by atoms with Gasteiger partial charge in [0.15, 0.2) is 0 Å². The largest absolute Gasteiger partial charge is 0.352 e. The molecule has 1 aromatic carbocycles. The minimum Gasteiger partial charge on any atom is -0.352 e. The predicted molar refractivity (Wildman–Crippen MR) is 110 cm³/mol. The Labute approximate surface area is 175 Å². The van der Waals surface area contributed by atoms with Crippen LogP contribution in [0, 0.1) is 5.92 Å². The third kappa shape index (κ3) is 5.17. The van der Waals surface area contributed by atoms with Gasteiger partial charge in [0.1, 0.15) is 12.1 Å². The molecule has 1 aliphatic heterocycles. The maximum absolute atomic E-state index is 12.9. The van der Waals surface area contributed by atoms with Crippen molar-refractivity contribution in [3.05, 3.63) is 33.8 Å². The molecule has 1 aromatic rings. The number of urea groups is 1. The molecule has 8 heteroatoms. The van der Waals surface area contributed by atoms with Crippen LogP contribution in [0.2, 0.25) is 10.0 Å². The fraction of sp³-hybridized carbons (Fsp3) is 0.550. The van der Waals surface area contributed by atoms with E-state index in [-0.39, 0.29) is 23.5 Å². The van der Waals surface area contributed by atoms with Crippen molar-refractivity contribution in [3.63, 3.8) is 0 Å². The molecule has 0 spiro atoms. The Kier molecular flexibility index (Phi) is 7.34. The van der Waals surface area contributed by atoms with Gasteiger partial charge in [-0.25, -0.2) is 4.79 Å². The first kappa shape index (κ1) is 22.5. The highest BCUT2D eigenvalue weighted by Gasteiger charge is 2.50. The van der Waals surface area contributed by atoms with E-state index in [0.717, 1.165) is 24.2 Å². The summed E-state index contributed by atoms with van der Waals surface area (Å²) in [4.78, 5) is 38.5. The molecule has 0 radical (unpaired) electrons. The van der Waals surface area contributed by atoms with E-state index in [2.05, 4.69) is 24.5 Å². The Morgan fingerprint density at radius 3 is 2.50 bits per heavy atom. The van der Waals surface area contributed by atoms with Crippen LogP contribution in [-0.2, 0) is 15.1 Å². The summed E-state index contributed by atoms with van der Waals surface area (Å²) in [6, 6.07) is 4.06. The molecule has 6 nitrogen and oxygen atoms in total. The van der Waals surface area contributed by atoms with Crippen LogP contribution in [0.3, 0.4) is 0 Å². The molecule has 0 bridgehead atoms. The van der Waals surface area contributed by atoms with Gasteiger partial charge in [0.05, 0.1) is 0 Å². The molecular formula is C20H27Cl2N3O3. The van der Waals surface area contributed by atoms with Crippen LogP contribution in [-0.4, -0.2) is 35.3 Å². The number of benzene rings is 1. The standard InChI is InChI=1S/C20H27Cl2N3O3/c1-12(2)6-5-7-13(3)23-17(26)11-25-18(27)20(4,24-19(25)28)15-9-8-14(21)10-16(15)22/h8-10,12-13H,5-7,11H2,1-4H3,(H,23,26)(H,24,28)/t13-,20+/m1/s1. The smallest absolute Gasteiger partial charge is 0.325 e. The third-order valence-electron chi connectivity index (χ3n) is 4.87. The number of carbonyl (C=O) groups excluding carboxylic acids is 3. The maximum Gasteiger partial charge on any atom is 0.325 e.